The van der Waals surface area contributed by atoms with E-state index in [4.69, 9.17) is 9.47 Å². The van der Waals surface area contributed by atoms with E-state index in [1.165, 1.54) is 11.1 Å². The van der Waals surface area contributed by atoms with Crippen molar-refractivity contribution in [3.8, 4) is 11.5 Å². The molecular weight excluding hydrogens is 318 g/mol. The fourth-order valence-electron chi connectivity index (χ4n) is 3.05. The van der Waals surface area contributed by atoms with Gasteiger partial charge in [-0.05, 0) is 52.2 Å². The third-order valence-corrected chi connectivity index (χ3v) is 4.64. The molecule has 0 fully saturated rings. The van der Waals surface area contributed by atoms with Crippen molar-refractivity contribution in [3.63, 3.8) is 0 Å². The van der Waals surface area contributed by atoms with Crippen LogP contribution in [0, 0.1) is 0 Å². The Morgan fingerprint density at radius 2 is 2.20 bits per heavy atom. The van der Waals surface area contributed by atoms with Gasteiger partial charge in [0, 0.05) is 5.56 Å². The molecular formula is C16H14BrNO2. The zero-order valence-electron chi connectivity index (χ0n) is 11.0. The van der Waals surface area contributed by atoms with Crippen molar-refractivity contribution in [2.45, 2.75) is 18.6 Å². The molecule has 0 bridgehead atoms. The van der Waals surface area contributed by atoms with Gasteiger partial charge in [-0.3, -0.25) is 0 Å². The largest absolute Gasteiger partial charge is 0.497 e. The van der Waals surface area contributed by atoms with Gasteiger partial charge in [0.25, 0.3) is 0 Å². The van der Waals surface area contributed by atoms with Crippen LogP contribution in [0.4, 0.5) is 5.69 Å². The second kappa shape index (κ2) is 4.42. The first kappa shape index (κ1) is 12.1. The molecule has 1 heterocycles. The third-order valence-electron chi connectivity index (χ3n) is 4.02. The molecule has 20 heavy (non-hydrogen) atoms. The summed E-state index contributed by atoms with van der Waals surface area (Å²) in [6.07, 6.45) is 1.03. The number of anilines is 1. The summed E-state index contributed by atoms with van der Waals surface area (Å²) in [4.78, 5) is 0. The summed E-state index contributed by atoms with van der Waals surface area (Å²) in [5.41, 5.74) is 3.61. The van der Waals surface area contributed by atoms with E-state index in [1.807, 2.05) is 18.2 Å². The molecule has 1 aliphatic heterocycles. The maximum Gasteiger partial charge on any atom is 0.157 e. The van der Waals surface area contributed by atoms with Gasteiger partial charge in [-0.15, -0.1) is 0 Å². The molecule has 4 rings (SSSR count). The van der Waals surface area contributed by atoms with Gasteiger partial charge in [0.2, 0.25) is 0 Å². The van der Waals surface area contributed by atoms with Crippen molar-refractivity contribution in [1.29, 1.82) is 0 Å². The molecule has 2 unspecified atom stereocenters. The Morgan fingerprint density at radius 1 is 1.30 bits per heavy atom. The maximum atomic E-state index is 6.25. The lowest BCUT2D eigenvalue weighted by atomic mass is 10.1. The van der Waals surface area contributed by atoms with Crippen LogP contribution in [0.15, 0.2) is 40.9 Å². The lowest BCUT2D eigenvalue weighted by Gasteiger charge is -2.31. The quantitative estimate of drug-likeness (QED) is 0.858. The highest BCUT2D eigenvalue weighted by molar-refractivity contribution is 9.10. The average Bonchev–Trinajstić information content (AvgIpc) is 2.82. The molecule has 0 saturated carbocycles. The molecule has 0 radical (unpaired) electrons. The molecule has 2 atom stereocenters. The molecule has 2 aliphatic rings. The van der Waals surface area contributed by atoms with Gasteiger partial charge in [0.05, 0.1) is 23.3 Å². The van der Waals surface area contributed by atoms with Crippen LogP contribution in [0.5, 0.6) is 11.5 Å². The summed E-state index contributed by atoms with van der Waals surface area (Å²) in [6.45, 7) is 0. The van der Waals surface area contributed by atoms with Gasteiger partial charge in [0.1, 0.15) is 11.9 Å². The minimum Gasteiger partial charge on any atom is -0.497 e. The summed E-state index contributed by atoms with van der Waals surface area (Å²) in [6, 6.07) is 12.6. The van der Waals surface area contributed by atoms with E-state index in [2.05, 4.69) is 39.4 Å². The van der Waals surface area contributed by atoms with Gasteiger partial charge in [-0.1, -0.05) is 12.1 Å². The van der Waals surface area contributed by atoms with Crippen LogP contribution in [0.2, 0.25) is 0 Å². The predicted molar refractivity (Wildman–Crippen MR) is 81.6 cm³/mol. The number of para-hydroxylation sites is 1. The molecule has 0 saturated heterocycles. The Morgan fingerprint density at radius 3 is 3.05 bits per heavy atom. The van der Waals surface area contributed by atoms with E-state index in [-0.39, 0.29) is 6.10 Å². The van der Waals surface area contributed by atoms with Gasteiger partial charge >= 0.3 is 0 Å². The van der Waals surface area contributed by atoms with E-state index < -0.39 is 0 Å². The lowest BCUT2D eigenvalue weighted by Crippen LogP contribution is -2.32. The zero-order chi connectivity index (χ0) is 13.7. The number of hydrogen-bond donors (Lipinski definition) is 1. The first-order valence-corrected chi connectivity index (χ1v) is 7.44. The first-order chi connectivity index (χ1) is 9.76. The number of methoxy groups -OCH3 is 1. The van der Waals surface area contributed by atoms with E-state index in [0.29, 0.717) is 6.04 Å². The number of rotatable bonds is 1. The third kappa shape index (κ3) is 1.71. The molecule has 1 N–H and O–H groups in total. The maximum absolute atomic E-state index is 6.25. The lowest BCUT2D eigenvalue weighted by molar-refractivity contribution is 0.182. The smallest absolute Gasteiger partial charge is 0.157 e. The average molecular weight is 332 g/mol. The van der Waals surface area contributed by atoms with Crippen molar-refractivity contribution >= 4 is 21.6 Å². The summed E-state index contributed by atoms with van der Waals surface area (Å²) in [5, 5.41) is 3.59. The fraction of sp³-hybridized carbons (Fsp3) is 0.250. The molecule has 3 nitrogen and oxygen atoms in total. The van der Waals surface area contributed by atoms with Crippen LogP contribution in [-0.4, -0.2) is 13.2 Å². The molecule has 2 aromatic rings. The second-order valence-electron chi connectivity index (χ2n) is 5.17. The summed E-state index contributed by atoms with van der Waals surface area (Å²) >= 11 is 3.56. The van der Waals surface area contributed by atoms with Gasteiger partial charge in [-0.25, -0.2) is 0 Å². The number of hydrogen-bond acceptors (Lipinski definition) is 3. The van der Waals surface area contributed by atoms with Gasteiger partial charge in [0.15, 0.2) is 5.75 Å². The Balaban J connectivity index is 1.77. The van der Waals surface area contributed by atoms with Crippen molar-refractivity contribution in [3.05, 3.63) is 52.0 Å². The van der Waals surface area contributed by atoms with Crippen molar-refractivity contribution in [2.24, 2.45) is 0 Å². The van der Waals surface area contributed by atoms with Crippen LogP contribution in [-0.2, 0) is 6.42 Å². The van der Waals surface area contributed by atoms with E-state index >= 15 is 0 Å². The molecule has 0 amide bonds. The second-order valence-corrected chi connectivity index (χ2v) is 6.03. The number of benzene rings is 2. The van der Waals surface area contributed by atoms with Crippen molar-refractivity contribution < 1.29 is 9.47 Å². The predicted octanol–water partition coefficient (Wildman–Crippen LogP) is 3.93. The molecule has 0 aromatic heterocycles. The van der Waals surface area contributed by atoms with Gasteiger partial charge < -0.3 is 14.8 Å². The van der Waals surface area contributed by atoms with E-state index in [9.17, 15) is 0 Å². The standard InChI is InChI=1S/C16H14BrNO2/c1-19-10-6-5-9-7-14-15(11(9)8-10)20-16-12(17)3-2-4-13(16)18-14/h2-6,8,14-15,18H,7H2,1H3. The van der Waals surface area contributed by atoms with Crippen LogP contribution in [0.1, 0.15) is 17.2 Å². The topological polar surface area (TPSA) is 30.5 Å². The summed E-state index contributed by atoms with van der Waals surface area (Å²) in [5.74, 6) is 1.77. The van der Waals surface area contributed by atoms with Crippen LogP contribution in [0.25, 0.3) is 0 Å². The minimum absolute atomic E-state index is 0.0475. The van der Waals surface area contributed by atoms with Crippen LogP contribution >= 0.6 is 15.9 Å². The first-order valence-electron chi connectivity index (χ1n) is 6.65. The minimum atomic E-state index is 0.0475. The van der Waals surface area contributed by atoms with E-state index in [1.54, 1.807) is 7.11 Å². The Kier molecular flexibility index (Phi) is 2.67. The molecule has 102 valence electrons. The highest BCUT2D eigenvalue weighted by atomic mass is 79.9. The van der Waals surface area contributed by atoms with Crippen molar-refractivity contribution in [2.75, 3.05) is 12.4 Å². The molecule has 4 heteroatoms. The Labute approximate surface area is 126 Å². The number of halogens is 1. The van der Waals surface area contributed by atoms with E-state index in [0.717, 1.165) is 28.1 Å². The molecule has 0 spiro atoms. The summed E-state index contributed by atoms with van der Waals surface area (Å²) < 4.78 is 12.6. The molecule has 1 aliphatic carbocycles. The normalized spacial score (nSPS) is 22.1. The summed E-state index contributed by atoms with van der Waals surface area (Å²) in [7, 11) is 1.69. The fourth-order valence-corrected chi connectivity index (χ4v) is 3.51. The number of ether oxygens (including phenoxy) is 2. The van der Waals surface area contributed by atoms with Gasteiger partial charge in [-0.2, -0.15) is 0 Å². The number of nitrogens with one attached hydrogen (secondary N) is 1. The zero-order valence-corrected chi connectivity index (χ0v) is 12.6. The number of fused-ring (bicyclic) bond motifs is 4. The van der Waals surface area contributed by atoms with Crippen LogP contribution < -0.4 is 14.8 Å². The molecule has 2 aromatic carbocycles. The Bertz CT molecular complexity index is 686. The monoisotopic (exact) mass is 331 g/mol. The van der Waals surface area contributed by atoms with Crippen LogP contribution in [0.3, 0.4) is 0 Å². The SMILES string of the molecule is COc1ccc2c(c1)C1Oc3c(Br)cccc3NC1C2. The Hall–Kier alpha value is -1.68. The highest BCUT2D eigenvalue weighted by Crippen LogP contribution is 2.46. The highest BCUT2D eigenvalue weighted by Gasteiger charge is 2.38. The van der Waals surface area contributed by atoms with Crippen molar-refractivity contribution in [1.82, 2.24) is 0 Å².